The van der Waals surface area contributed by atoms with Gasteiger partial charge in [0.2, 0.25) is 0 Å². The van der Waals surface area contributed by atoms with Crippen LogP contribution in [0.3, 0.4) is 0 Å². The molecule has 0 aliphatic heterocycles. The van der Waals surface area contributed by atoms with Crippen LogP contribution in [0.2, 0.25) is 5.02 Å². The summed E-state index contributed by atoms with van der Waals surface area (Å²) in [6.45, 7) is 1.80. The summed E-state index contributed by atoms with van der Waals surface area (Å²) >= 11 is 5.89. The Labute approximate surface area is 137 Å². The fourth-order valence-corrected chi connectivity index (χ4v) is 2.40. The van der Waals surface area contributed by atoms with E-state index in [4.69, 9.17) is 11.6 Å². The molecule has 0 radical (unpaired) electrons. The van der Waals surface area contributed by atoms with E-state index >= 15 is 0 Å². The molecule has 0 saturated heterocycles. The van der Waals surface area contributed by atoms with Gasteiger partial charge in [0, 0.05) is 16.3 Å². The van der Waals surface area contributed by atoms with Crippen LogP contribution in [0.25, 0.3) is 11.3 Å². The fraction of sp³-hybridized carbons (Fsp3) is 0.0588. The quantitative estimate of drug-likeness (QED) is 0.680. The summed E-state index contributed by atoms with van der Waals surface area (Å²) in [5.41, 5.74) is 2.71. The predicted molar refractivity (Wildman–Crippen MR) is 89.8 cm³/mol. The van der Waals surface area contributed by atoms with Crippen LogP contribution < -0.4 is 5.32 Å². The number of halogens is 1. The number of aromatic hydroxyl groups is 1. The fourth-order valence-electron chi connectivity index (χ4n) is 2.21. The number of nitrogens with one attached hydrogen (secondary N) is 2. The number of carbonyl (C=O) groups is 1. The van der Waals surface area contributed by atoms with E-state index < -0.39 is 0 Å². The van der Waals surface area contributed by atoms with Crippen LogP contribution in [-0.4, -0.2) is 21.2 Å². The average Bonchev–Trinajstić information content (AvgIpc) is 3.00. The summed E-state index contributed by atoms with van der Waals surface area (Å²) in [5, 5.41) is 20.1. The molecule has 1 aromatic heterocycles. The number of hydrogen-bond donors (Lipinski definition) is 3. The highest BCUT2D eigenvalue weighted by Gasteiger charge is 2.14. The van der Waals surface area contributed by atoms with Gasteiger partial charge < -0.3 is 10.4 Å². The zero-order valence-electron chi connectivity index (χ0n) is 12.3. The number of nitrogens with zero attached hydrogens (tertiary/aromatic N) is 1. The van der Waals surface area contributed by atoms with Crippen molar-refractivity contribution in [2.45, 2.75) is 6.92 Å². The van der Waals surface area contributed by atoms with Gasteiger partial charge in [0.05, 0.1) is 5.69 Å². The monoisotopic (exact) mass is 327 g/mol. The van der Waals surface area contributed by atoms with E-state index in [9.17, 15) is 9.90 Å². The van der Waals surface area contributed by atoms with E-state index in [1.165, 1.54) is 0 Å². The normalized spacial score (nSPS) is 10.5. The van der Waals surface area contributed by atoms with E-state index in [1.54, 1.807) is 49.4 Å². The van der Waals surface area contributed by atoms with Crippen molar-refractivity contribution < 1.29 is 9.90 Å². The summed E-state index contributed by atoms with van der Waals surface area (Å²) in [7, 11) is 0. The molecule has 0 unspecified atom stereocenters. The third-order valence-electron chi connectivity index (χ3n) is 3.42. The van der Waals surface area contributed by atoms with Gasteiger partial charge in [0.15, 0.2) is 0 Å². The van der Waals surface area contributed by atoms with Crippen molar-refractivity contribution in [3.63, 3.8) is 0 Å². The number of carbonyl (C=O) groups excluding carboxylic acids is 1. The number of anilines is 1. The molecular weight excluding hydrogens is 314 g/mol. The van der Waals surface area contributed by atoms with E-state index in [0.29, 0.717) is 27.7 Å². The number of para-hydroxylation sites is 1. The lowest BCUT2D eigenvalue weighted by Gasteiger charge is -2.04. The van der Waals surface area contributed by atoms with Crippen LogP contribution >= 0.6 is 11.6 Å². The van der Waals surface area contributed by atoms with Crippen molar-refractivity contribution in [1.29, 1.82) is 0 Å². The highest BCUT2D eigenvalue weighted by Crippen LogP contribution is 2.30. The van der Waals surface area contributed by atoms with Crippen molar-refractivity contribution >= 4 is 23.2 Å². The average molecular weight is 328 g/mol. The van der Waals surface area contributed by atoms with E-state index in [0.717, 1.165) is 5.56 Å². The van der Waals surface area contributed by atoms with Crippen LogP contribution in [0, 0.1) is 6.92 Å². The summed E-state index contributed by atoms with van der Waals surface area (Å²) in [5.74, 6) is -0.182. The number of hydrogen-bond acceptors (Lipinski definition) is 3. The van der Waals surface area contributed by atoms with Crippen LogP contribution in [0.4, 0.5) is 5.69 Å². The molecule has 0 aliphatic carbocycles. The van der Waals surface area contributed by atoms with Gasteiger partial charge in [-0.2, -0.15) is 5.10 Å². The van der Waals surface area contributed by atoms with Crippen molar-refractivity contribution in [1.82, 2.24) is 10.2 Å². The van der Waals surface area contributed by atoms with Crippen molar-refractivity contribution in [2.75, 3.05) is 5.32 Å². The van der Waals surface area contributed by atoms with Gasteiger partial charge in [0.1, 0.15) is 11.4 Å². The second kappa shape index (κ2) is 6.14. The number of benzene rings is 2. The van der Waals surface area contributed by atoms with Crippen molar-refractivity contribution in [2.24, 2.45) is 0 Å². The highest BCUT2D eigenvalue weighted by atomic mass is 35.5. The standard InChI is InChI=1S/C17H14ClN3O2/c1-10-4-2-7-13(16(10)22)14-9-15(21-20-14)17(23)19-12-6-3-5-11(18)8-12/h2-9,22H,1H3,(H,19,23)(H,20,21). The van der Waals surface area contributed by atoms with Gasteiger partial charge in [-0.05, 0) is 42.8 Å². The minimum absolute atomic E-state index is 0.154. The molecular formula is C17H14ClN3O2. The van der Waals surface area contributed by atoms with Gasteiger partial charge in [-0.15, -0.1) is 0 Å². The maximum atomic E-state index is 12.2. The van der Waals surface area contributed by atoms with E-state index in [-0.39, 0.29) is 11.7 Å². The number of phenolic OH excluding ortho intramolecular Hbond substituents is 1. The Bertz CT molecular complexity index is 874. The first kappa shape index (κ1) is 15.1. The number of amides is 1. The smallest absolute Gasteiger partial charge is 0.273 e. The van der Waals surface area contributed by atoms with Gasteiger partial charge in [-0.3, -0.25) is 9.89 Å². The molecule has 23 heavy (non-hydrogen) atoms. The zero-order valence-corrected chi connectivity index (χ0v) is 13.1. The predicted octanol–water partition coefficient (Wildman–Crippen LogP) is 4.00. The molecule has 116 valence electrons. The van der Waals surface area contributed by atoms with Crippen LogP contribution in [0.5, 0.6) is 5.75 Å². The van der Waals surface area contributed by atoms with Gasteiger partial charge in [-0.1, -0.05) is 29.8 Å². The third kappa shape index (κ3) is 3.19. The first-order valence-electron chi connectivity index (χ1n) is 6.96. The number of rotatable bonds is 3. The van der Waals surface area contributed by atoms with Gasteiger partial charge in [-0.25, -0.2) is 0 Å². The SMILES string of the molecule is Cc1cccc(-c2cc(C(=O)Nc3cccc(Cl)c3)[nH]n2)c1O. The number of aryl methyl sites for hydroxylation is 1. The molecule has 3 N–H and O–H groups in total. The van der Waals surface area contributed by atoms with Crippen LogP contribution in [0.1, 0.15) is 16.1 Å². The lowest BCUT2D eigenvalue weighted by Crippen LogP contribution is -2.12. The van der Waals surface area contributed by atoms with E-state index in [1.807, 2.05) is 6.07 Å². The largest absolute Gasteiger partial charge is 0.507 e. The lowest BCUT2D eigenvalue weighted by atomic mass is 10.1. The maximum Gasteiger partial charge on any atom is 0.273 e. The van der Waals surface area contributed by atoms with Crippen molar-refractivity contribution in [3.8, 4) is 17.0 Å². The Hall–Kier alpha value is -2.79. The molecule has 2 aromatic carbocycles. The molecule has 0 fully saturated rings. The second-order valence-electron chi connectivity index (χ2n) is 5.10. The molecule has 0 aliphatic rings. The Kier molecular flexibility index (Phi) is 4.04. The number of H-pyrrole nitrogens is 1. The van der Waals surface area contributed by atoms with Crippen LogP contribution in [-0.2, 0) is 0 Å². The maximum absolute atomic E-state index is 12.2. The molecule has 1 amide bonds. The number of phenols is 1. The molecule has 3 aromatic rings. The molecule has 1 heterocycles. The summed E-state index contributed by atoms with van der Waals surface area (Å²) in [6.07, 6.45) is 0. The minimum atomic E-state index is -0.335. The van der Waals surface area contributed by atoms with Gasteiger partial charge in [0.25, 0.3) is 5.91 Å². The topological polar surface area (TPSA) is 78.0 Å². The third-order valence-corrected chi connectivity index (χ3v) is 3.65. The molecule has 0 bridgehead atoms. The molecule has 0 saturated carbocycles. The second-order valence-corrected chi connectivity index (χ2v) is 5.54. The van der Waals surface area contributed by atoms with E-state index in [2.05, 4.69) is 15.5 Å². The summed E-state index contributed by atoms with van der Waals surface area (Å²) in [6, 6.07) is 13.8. The highest BCUT2D eigenvalue weighted by molar-refractivity contribution is 6.30. The Balaban J connectivity index is 1.84. The Morgan fingerprint density at radius 2 is 2.00 bits per heavy atom. The summed E-state index contributed by atoms with van der Waals surface area (Å²) in [4.78, 5) is 12.2. The molecule has 3 rings (SSSR count). The number of aromatic amines is 1. The first-order chi connectivity index (χ1) is 11.0. The molecule has 5 nitrogen and oxygen atoms in total. The van der Waals surface area contributed by atoms with Gasteiger partial charge >= 0.3 is 0 Å². The Morgan fingerprint density at radius 1 is 1.22 bits per heavy atom. The van der Waals surface area contributed by atoms with Crippen molar-refractivity contribution in [3.05, 3.63) is 64.8 Å². The summed E-state index contributed by atoms with van der Waals surface area (Å²) < 4.78 is 0. The molecule has 0 spiro atoms. The first-order valence-corrected chi connectivity index (χ1v) is 7.33. The Morgan fingerprint density at radius 3 is 2.78 bits per heavy atom. The molecule has 6 heteroatoms. The molecule has 0 atom stereocenters. The minimum Gasteiger partial charge on any atom is -0.507 e. The van der Waals surface area contributed by atoms with Crippen LogP contribution in [0.15, 0.2) is 48.5 Å². The lowest BCUT2D eigenvalue weighted by molar-refractivity contribution is 0.102. The zero-order chi connectivity index (χ0) is 16.4. The number of aromatic nitrogens is 2.